The van der Waals surface area contributed by atoms with Gasteiger partial charge in [-0.05, 0) is 0 Å². The van der Waals surface area contributed by atoms with E-state index in [2.05, 4.69) is 20.5 Å². The molecule has 104 valence electrons. The summed E-state index contributed by atoms with van der Waals surface area (Å²) in [5, 5.41) is 5.64. The van der Waals surface area contributed by atoms with Gasteiger partial charge in [0, 0.05) is 40.3 Å². The molecule has 3 aliphatic heterocycles. The van der Waals surface area contributed by atoms with Crippen molar-refractivity contribution in [3.63, 3.8) is 0 Å². The van der Waals surface area contributed by atoms with Gasteiger partial charge < -0.3 is 20.0 Å². The monoisotopic (exact) mass is 266 g/mol. The summed E-state index contributed by atoms with van der Waals surface area (Å²) >= 11 is 0. The normalized spacial score (nSPS) is 31.3. The number of amides is 3. The fourth-order valence-corrected chi connectivity index (χ4v) is 2.77. The number of piperazine rings is 1. The molecule has 2 fully saturated rings. The van der Waals surface area contributed by atoms with Crippen LogP contribution in [0.2, 0.25) is 0 Å². The minimum absolute atomic E-state index is 0.274. The first-order valence-corrected chi connectivity index (χ1v) is 6.43. The third kappa shape index (κ3) is 1.83. The summed E-state index contributed by atoms with van der Waals surface area (Å²) < 4.78 is 0. The van der Waals surface area contributed by atoms with Crippen molar-refractivity contribution < 1.29 is 9.59 Å². The summed E-state index contributed by atoms with van der Waals surface area (Å²) in [6.45, 7) is 3.54. The van der Waals surface area contributed by atoms with E-state index in [4.69, 9.17) is 0 Å². The number of guanidine groups is 1. The van der Waals surface area contributed by atoms with Crippen LogP contribution in [0.4, 0.5) is 4.79 Å². The highest BCUT2D eigenvalue weighted by atomic mass is 16.2. The first kappa shape index (κ1) is 12.2. The number of carbonyl (C=O) groups excluding carboxylic acids is 2. The molecule has 2 saturated heterocycles. The van der Waals surface area contributed by atoms with Gasteiger partial charge in [0.25, 0.3) is 5.91 Å². The number of likely N-dealkylation sites (N-methyl/N-ethyl adjacent to an activating group) is 2. The van der Waals surface area contributed by atoms with E-state index in [1.54, 1.807) is 7.05 Å². The van der Waals surface area contributed by atoms with Gasteiger partial charge in [0.2, 0.25) is 0 Å². The maximum Gasteiger partial charge on any atom is 0.325 e. The highest BCUT2D eigenvalue weighted by Gasteiger charge is 2.48. The fourth-order valence-electron chi connectivity index (χ4n) is 2.77. The lowest BCUT2D eigenvalue weighted by molar-refractivity contribution is -0.126. The largest absolute Gasteiger partial charge is 0.340 e. The van der Waals surface area contributed by atoms with Gasteiger partial charge >= 0.3 is 6.03 Å². The van der Waals surface area contributed by atoms with E-state index in [1.165, 1.54) is 4.90 Å². The first-order chi connectivity index (χ1) is 9.09. The minimum atomic E-state index is -0.424. The second-order valence-electron chi connectivity index (χ2n) is 5.04. The van der Waals surface area contributed by atoms with Crippen LogP contribution in [0.25, 0.3) is 0 Å². The van der Waals surface area contributed by atoms with Gasteiger partial charge in [-0.2, -0.15) is 0 Å². The maximum absolute atomic E-state index is 12.0. The summed E-state index contributed by atoms with van der Waals surface area (Å²) in [4.78, 5) is 33.7. The number of hydrogen-bond acceptors (Lipinski definition) is 6. The standard InChI is InChI=1S/C11H18N6O2/c1-15-7-8(16(2)11(19)14-9(7)18)13-10(15)17-5-3-12-4-6-17/h7-8,12H,3-6H2,1-2H3,(H,14,18,19). The number of hydrogen-bond donors (Lipinski definition) is 2. The molecule has 2 atom stereocenters. The molecule has 0 saturated carbocycles. The molecule has 0 bridgehead atoms. The number of nitrogens with zero attached hydrogens (tertiary/aromatic N) is 4. The van der Waals surface area contributed by atoms with E-state index < -0.39 is 12.2 Å². The molecule has 2 N–H and O–H groups in total. The van der Waals surface area contributed by atoms with Crippen LogP contribution in [-0.2, 0) is 4.79 Å². The summed E-state index contributed by atoms with van der Waals surface area (Å²) in [5.41, 5.74) is 0. The summed E-state index contributed by atoms with van der Waals surface area (Å²) in [7, 11) is 3.52. The van der Waals surface area contributed by atoms with Crippen LogP contribution < -0.4 is 10.6 Å². The minimum Gasteiger partial charge on any atom is -0.340 e. The molecule has 0 aromatic carbocycles. The molecule has 3 amide bonds. The number of aliphatic imine (C=N–C) groups is 1. The molecule has 8 heteroatoms. The van der Waals surface area contributed by atoms with Crippen molar-refractivity contribution in [2.24, 2.45) is 4.99 Å². The fraction of sp³-hybridized carbons (Fsp3) is 0.727. The summed E-state index contributed by atoms with van der Waals surface area (Å²) in [6, 6.07) is -0.808. The van der Waals surface area contributed by atoms with Crippen LogP contribution >= 0.6 is 0 Å². The molecule has 0 aromatic heterocycles. The molecule has 8 nitrogen and oxygen atoms in total. The van der Waals surface area contributed by atoms with Gasteiger partial charge in [-0.1, -0.05) is 0 Å². The Morgan fingerprint density at radius 3 is 2.53 bits per heavy atom. The second kappa shape index (κ2) is 4.37. The van der Waals surface area contributed by atoms with E-state index >= 15 is 0 Å². The Kier molecular flexibility index (Phi) is 2.81. The average molecular weight is 266 g/mol. The zero-order valence-electron chi connectivity index (χ0n) is 11.1. The zero-order valence-corrected chi connectivity index (χ0v) is 11.1. The van der Waals surface area contributed by atoms with Crippen LogP contribution in [0, 0.1) is 0 Å². The quantitative estimate of drug-likeness (QED) is 0.534. The summed E-state index contributed by atoms with van der Waals surface area (Å²) in [6.07, 6.45) is -0.420. The van der Waals surface area contributed by atoms with Crippen LogP contribution in [-0.4, -0.2) is 85.1 Å². The Morgan fingerprint density at radius 1 is 1.16 bits per heavy atom. The number of imide groups is 1. The topological polar surface area (TPSA) is 80.3 Å². The van der Waals surface area contributed by atoms with Gasteiger partial charge in [-0.15, -0.1) is 0 Å². The molecule has 3 rings (SSSR count). The third-order valence-electron chi connectivity index (χ3n) is 3.88. The van der Waals surface area contributed by atoms with E-state index in [-0.39, 0.29) is 11.9 Å². The Balaban J connectivity index is 1.87. The lowest BCUT2D eigenvalue weighted by Crippen LogP contribution is -2.63. The van der Waals surface area contributed by atoms with Gasteiger partial charge in [0.15, 0.2) is 18.2 Å². The van der Waals surface area contributed by atoms with E-state index in [0.29, 0.717) is 0 Å². The number of carbonyl (C=O) groups is 2. The van der Waals surface area contributed by atoms with E-state index in [1.807, 2.05) is 11.9 Å². The Hall–Kier alpha value is -1.83. The SMILES string of the molecule is CN1C(=O)NC(=O)C2C1N=C(N1CCNCC1)N2C. The van der Waals surface area contributed by atoms with Gasteiger partial charge in [0.05, 0.1) is 0 Å². The highest BCUT2D eigenvalue weighted by molar-refractivity contribution is 6.03. The van der Waals surface area contributed by atoms with Crippen molar-refractivity contribution in [3.8, 4) is 0 Å². The van der Waals surface area contributed by atoms with Crippen molar-refractivity contribution in [3.05, 3.63) is 0 Å². The molecule has 0 spiro atoms. The lowest BCUT2D eigenvalue weighted by atomic mass is 10.1. The van der Waals surface area contributed by atoms with E-state index in [0.717, 1.165) is 32.1 Å². The van der Waals surface area contributed by atoms with Crippen molar-refractivity contribution in [2.75, 3.05) is 40.3 Å². The Bertz CT molecular complexity index is 444. The van der Waals surface area contributed by atoms with Crippen LogP contribution in [0.3, 0.4) is 0 Å². The third-order valence-corrected chi connectivity index (χ3v) is 3.88. The van der Waals surface area contributed by atoms with E-state index in [9.17, 15) is 9.59 Å². The molecule has 0 aromatic rings. The van der Waals surface area contributed by atoms with Gasteiger partial charge in [-0.25, -0.2) is 9.79 Å². The van der Waals surface area contributed by atoms with Crippen LogP contribution in [0.1, 0.15) is 0 Å². The Labute approximate surface area is 111 Å². The maximum atomic E-state index is 12.0. The molecule has 0 aliphatic carbocycles. The molecule has 3 heterocycles. The highest BCUT2D eigenvalue weighted by Crippen LogP contribution is 2.23. The number of rotatable bonds is 0. The van der Waals surface area contributed by atoms with Gasteiger partial charge in [-0.3, -0.25) is 10.1 Å². The first-order valence-electron chi connectivity index (χ1n) is 6.43. The average Bonchev–Trinajstić information content (AvgIpc) is 2.76. The molecule has 2 unspecified atom stereocenters. The zero-order chi connectivity index (χ0) is 13.6. The predicted octanol–water partition coefficient (Wildman–Crippen LogP) is -1.93. The molecule has 0 radical (unpaired) electrons. The number of nitrogens with one attached hydrogen (secondary N) is 2. The molecular formula is C11H18N6O2. The van der Waals surface area contributed by atoms with Crippen molar-refractivity contribution in [1.82, 2.24) is 25.3 Å². The van der Waals surface area contributed by atoms with Crippen molar-refractivity contribution in [2.45, 2.75) is 12.2 Å². The van der Waals surface area contributed by atoms with Crippen molar-refractivity contribution in [1.29, 1.82) is 0 Å². The molecule has 3 aliphatic rings. The second-order valence-corrected chi connectivity index (χ2v) is 5.04. The summed E-state index contributed by atoms with van der Waals surface area (Å²) in [5.74, 6) is 0.526. The van der Waals surface area contributed by atoms with Crippen molar-refractivity contribution >= 4 is 17.9 Å². The lowest BCUT2D eigenvalue weighted by Gasteiger charge is -2.36. The molecule has 19 heavy (non-hydrogen) atoms. The smallest absolute Gasteiger partial charge is 0.325 e. The predicted molar refractivity (Wildman–Crippen MR) is 68.5 cm³/mol. The Morgan fingerprint density at radius 2 is 1.84 bits per heavy atom. The number of urea groups is 1. The van der Waals surface area contributed by atoms with Crippen LogP contribution in [0.5, 0.6) is 0 Å². The number of fused-ring (bicyclic) bond motifs is 1. The van der Waals surface area contributed by atoms with Gasteiger partial charge in [0.1, 0.15) is 0 Å². The van der Waals surface area contributed by atoms with Crippen LogP contribution in [0.15, 0.2) is 4.99 Å². The molecular weight excluding hydrogens is 248 g/mol.